The lowest BCUT2D eigenvalue weighted by Gasteiger charge is -2.15. The zero-order valence-electron chi connectivity index (χ0n) is 13.2. The molecule has 3 rings (SSSR count). The van der Waals surface area contributed by atoms with E-state index in [1.54, 1.807) is 6.92 Å². The third-order valence-electron chi connectivity index (χ3n) is 3.71. The van der Waals surface area contributed by atoms with E-state index in [1.165, 1.54) is 6.07 Å². The second-order valence-electron chi connectivity index (χ2n) is 5.68. The highest BCUT2D eigenvalue weighted by atomic mass is 35.5. The van der Waals surface area contributed by atoms with Gasteiger partial charge in [-0.05, 0) is 31.0 Å². The van der Waals surface area contributed by atoms with Crippen LogP contribution in [-0.4, -0.2) is 19.3 Å². The van der Waals surface area contributed by atoms with Gasteiger partial charge in [0.2, 0.25) is 5.78 Å². The molecule has 2 heterocycles. The topological polar surface area (TPSA) is 39.3 Å². The molecule has 1 aromatic carbocycles. The van der Waals surface area contributed by atoms with Crippen LogP contribution < -0.4 is 5.56 Å². The average molecular weight is 408 g/mol. The molecule has 0 amide bonds. The Morgan fingerprint density at radius 2 is 1.96 bits per heavy atom. The molecule has 0 saturated heterocycles. The van der Waals surface area contributed by atoms with Gasteiger partial charge in [-0.2, -0.15) is 13.2 Å². The molecule has 0 radical (unpaired) electrons. The molecular formula is C16H11Cl2F4N3O. The van der Waals surface area contributed by atoms with Crippen LogP contribution in [0.15, 0.2) is 35.4 Å². The van der Waals surface area contributed by atoms with Crippen molar-refractivity contribution in [1.82, 2.24) is 14.0 Å². The van der Waals surface area contributed by atoms with Crippen molar-refractivity contribution in [3.63, 3.8) is 0 Å². The van der Waals surface area contributed by atoms with Crippen LogP contribution in [-0.2, 0) is 12.6 Å². The van der Waals surface area contributed by atoms with Crippen LogP contribution in [0.1, 0.15) is 18.2 Å². The van der Waals surface area contributed by atoms with Crippen molar-refractivity contribution in [3.8, 4) is 5.69 Å². The predicted molar refractivity (Wildman–Crippen MR) is 89.8 cm³/mol. The van der Waals surface area contributed by atoms with E-state index in [0.29, 0.717) is 16.0 Å². The molecule has 26 heavy (non-hydrogen) atoms. The van der Waals surface area contributed by atoms with Crippen LogP contribution in [0.3, 0.4) is 0 Å². The molecule has 0 spiro atoms. The standard InChI is InChI=1S/C16H11Cl2F4N3O/c1-8(17)4-9-5-12(11(19)6-10(9)18)25-14(26)7-13(16(20,21)22)24-3-2-23-15(24)25/h2-3,5-8H,4H2,1H3. The fourth-order valence-corrected chi connectivity index (χ4v) is 3.05. The monoisotopic (exact) mass is 407 g/mol. The molecule has 0 aliphatic heterocycles. The van der Waals surface area contributed by atoms with Gasteiger partial charge in [0.05, 0.1) is 5.69 Å². The first kappa shape index (κ1) is 18.7. The van der Waals surface area contributed by atoms with E-state index >= 15 is 0 Å². The molecule has 1 atom stereocenters. The highest BCUT2D eigenvalue weighted by Gasteiger charge is 2.35. The number of hydrogen-bond acceptors (Lipinski definition) is 2. The molecule has 10 heteroatoms. The third kappa shape index (κ3) is 3.31. The van der Waals surface area contributed by atoms with Crippen molar-refractivity contribution in [2.45, 2.75) is 24.9 Å². The van der Waals surface area contributed by atoms with Crippen molar-refractivity contribution in [2.75, 3.05) is 0 Å². The molecular weight excluding hydrogens is 397 g/mol. The summed E-state index contributed by atoms with van der Waals surface area (Å²) in [7, 11) is 0. The maximum absolute atomic E-state index is 14.5. The maximum Gasteiger partial charge on any atom is 0.432 e. The van der Waals surface area contributed by atoms with E-state index in [9.17, 15) is 22.4 Å². The van der Waals surface area contributed by atoms with E-state index in [2.05, 4.69) is 4.98 Å². The molecule has 4 nitrogen and oxygen atoms in total. The summed E-state index contributed by atoms with van der Waals surface area (Å²) in [5.41, 5.74) is -2.06. The largest absolute Gasteiger partial charge is 0.432 e. The Morgan fingerprint density at radius 3 is 2.58 bits per heavy atom. The number of nitrogens with zero attached hydrogens (tertiary/aromatic N) is 3. The van der Waals surface area contributed by atoms with E-state index in [1.807, 2.05) is 0 Å². The van der Waals surface area contributed by atoms with Gasteiger partial charge in [-0.1, -0.05) is 11.6 Å². The second-order valence-corrected chi connectivity index (χ2v) is 6.83. The minimum atomic E-state index is -4.77. The summed E-state index contributed by atoms with van der Waals surface area (Å²) in [6, 6.07) is 2.68. The van der Waals surface area contributed by atoms with Gasteiger partial charge in [-0.3, -0.25) is 9.20 Å². The molecule has 0 N–H and O–H groups in total. The highest BCUT2D eigenvalue weighted by molar-refractivity contribution is 6.31. The SMILES string of the molecule is CC(Cl)Cc1cc(-n2c(=O)cc(C(F)(F)F)n3ccnc23)c(F)cc1Cl. The number of rotatable bonds is 3. The first-order valence-electron chi connectivity index (χ1n) is 7.38. The van der Waals surface area contributed by atoms with Gasteiger partial charge in [0.25, 0.3) is 5.56 Å². The molecule has 0 fully saturated rings. The Morgan fingerprint density at radius 1 is 1.27 bits per heavy atom. The Labute approximate surface area is 154 Å². The first-order chi connectivity index (χ1) is 12.1. The van der Waals surface area contributed by atoms with Crippen LogP contribution in [0, 0.1) is 5.82 Å². The molecule has 138 valence electrons. The van der Waals surface area contributed by atoms with Gasteiger partial charge in [0.15, 0.2) is 0 Å². The Balaban J connectivity index is 2.32. The number of alkyl halides is 4. The minimum Gasteiger partial charge on any atom is -0.280 e. The summed E-state index contributed by atoms with van der Waals surface area (Å²) in [6.07, 6.45) is -2.34. The van der Waals surface area contributed by atoms with Crippen molar-refractivity contribution in [2.24, 2.45) is 0 Å². The van der Waals surface area contributed by atoms with Gasteiger partial charge in [-0.15, -0.1) is 11.6 Å². The van der Waals surface area contributed by atoms with Crippen molar-refractivity contribution in [3.05, 3.63) is 63.0 Å². The second kappa shape index (κ2) is 6.59. The fraction of sp³-hybridized carbons (Fsp3) is 0.250. The number of benzene rings is 1. The molecule has 3 aromatic rings. The number of imidazole rings is 1. The fourth-order valence-electron chi connectivity index (χ4n) is 2.66. The van der Waals surface area contributed by atoms with Gasteiger partial charge in [-0.25, -0.2) is 13.9 Å². The molecule has 0 bridgehead atoms. The summed E-state index contributed by atoms with van der Waals surface area (Å²) >= 11 is 11.9. The lowest BCUT2D eigenvalue weighted by Crippen LogP contribution is -2.26. The van der Waals surface area contributed by atoms with Gasteiger partial charge >= 0.3 is 6.18 Å². The van der Waals surface area contributed by atoms with Gasteiger partial charge in [0, 0.05) is 28.9 Å². The summed E-state index contributed by atoms with van der Waals surface area (Å²) in [6.45, 7) is 1.71. The van der Waals surface area contributed by atoms with Crippen LogP contribution in [0.5, 0.6) is 0 Å². The Hall–Kier alpha value is -2.06. The Kier molecular flexibility index (Phi) is 4.74. The van der Waals surface area contributed by atoms with Gasteiger partial charge < -0.3 is 0 Å². The average Bonchev–Trinajstić information content (AvgIpc) is 2.97. The number of hydrogen-bond donors (Lipinski definition) is 0. The minimum absolute atomic E-state index is 0.109. The molecule has 1 unspecified atom stereocenters. The predicted octanol–water partition coefficient (Wildman–Crippen LogP) is 4.47. The summed E-state index contributed by atoms with van der Waals surface area (Å²) in [5, 5.41) is -0.209. The zero-order chi connectivity index (χ0) is 19.2. The van der Waals surface area contributed by atoms with Crippen LogP contribution in [0.2, 0.25) is 5.02 Å². The lowest BCUT2D eigenvalue weighted by molar-refractivity contribution is -0.142. The normalized spacial score (nSPS) is 13.3. The smallest absolute Gasteiger partial charge is 0.280 e. The van der Waals surface area contributed by atoms with Gasteiger partial charge in [0.1, 0.15) is 11.5 Å². The van der Waals surface area contributed by atoms with E-state index in [4.69, 9.17) is 23.2 Å². The summed E-state index contributed by atoms with van der Waals surface area (Å²) < 4.78 is 55.4. The zero-order valence-corrected chi connectivity index (χ0v) is 14.7. The van der Waals surface area contributed by atoms with E-state index in [0.717, 1.165) is 23.0 Å². The van der Waals surface area contributed by atoms with Crippen LogP contribution >= 0.6 is 23.2 Å². The molecule has 0 saturated carbocycles. The van der Waals surface area contributed by atoms with Crippen molar-refractivity contribution >= 4 is 29.0 Å². The molecule has 0 aliphatic rings. The Bertz CT molecular complexity index is 1040. The molecule has 2 aromatic heterocycles. The quantitative estimate of drug-likeness (QED) is 0.474. The molecule has 0 aliphatic carbocycles. The van der Waals surface area contributed by atoms with Crippen LogP contribution in [0.25, 0.3) is 11.5 Å². The summed E-state index contributed by atoms with van der Waals surface area (Å²) in [5.74, 6) is -1.23. The van der Waals surface area contributed by atoms with Crippen LogP contribution in [0.4, 0.5) is 17.6 Å². The lowest BCUT2D eigenvalue weighted by atomic mass is 10.1. The first-order valence-corrected chi connectivity index (χ1v) is 8.19. The van der Waals surface area contributed by atoms with Crippen molar-refractivity contribution in [1.29, 1.82) is 0 Å². The summed E-state index contributed by atoms with van der Waals surface area (Å²) in [4.78, 5) is 16.1. The van der Waals surface area contributed by atoms with Crippen molar-refractivity contribution < 1.29 is 17.6 Å². The highest BCUT2D eigenvalue weighted by Crippen LogP contribution is 2.30. The number of fused-ring (bicyclic) bond motifs is 1. The van der Waals surface area contributed by atoms with E-state index < -0.39 is 23.2 Å². The third-order valence-corrected chi connectivity index (χ3v) is 4.22. The number of aromatic nitrogens is 3. The van der Waals surface area contributed by atoms with E-state index in [-0.39, 0.29) is 28.3 Å². The number of halogens is 6. The maximum atomic E-state index is 14.5.